The van der Waals surface area contributed by atoms with Crippen LogP contribution >= 0.6 is 0 Å². The summed E-state index contributed by atoms with van der Waals surface area (Å²) in [4.78, 5) is 13.1. The van der Waals surface area contributed by atoms with Crippen LogP contribution in [0.1, 0.15) is 123 Å². The fourth-order valence-electron chi connectivity index (χ4n) is 5.93. The van der Waals surface area contributed by atoms with Gasteiger partial charge in [-0.1, -0.05) is 0 Å². The van der Waals surface area contributed by atoms with Gasteiger partial charge in [-0.3, -0.25) is 0 Å². The molecule has 0 N–H and O–H groups in total. The summed E-state index contributed by atoms with van der Waals surface area (Å²) in [5.74, 6) is 4.30. The van der Waals surface area contributed by atoms with Crippen molar-refractivity contribution in [3.05, 3.63) is 146 Å². The van der Waals surface area contributed by atoms with E-state index in [9.17, 15) is 9.18 Å². The number of ketones is 1. The third-order valence-electron chi connectivity index (χ3n) is 8.41. The molecule has 5 heteroatoms. The average molecular weight is 809 g/mol. The molecule has 0 radical (unpaired) electrons. The molecule has 47 heavy (non-hydrogen) atoms. The van der Waals surface area contributed by atoms with E-state index in [1.165, 1.54) is 61.5 Å². The Bertz CT molecular complexity index is 1900. The molecule has 4 aromatic carbocycles. The molecule has 1 aromatic heterocycles. The number of hydrogen-bond acceptors (Lipinski definition) is 1. The Balaban J connectivity index is 1.74. The van der Waals surface area contributed by atoms with Crippen molar-refractivity contribution in [3.63, 3.8) is 0 Å². The molecule has 1 heterocycles. The maximum atomic E-state index is 13.5. The molecule has 0 unspecified atom stereocenters. The van der Waals surface area contributed by atoms with Crippen LogP contribution in [0.3, 0.4) is 0 Å². The zero-order valence-electron chi connectivity index (χ0n) is 28.5. The number of para-hydroxylation sites is 2. The predicted molar refractivity (Wildman–Crippen MR) is 188 cm³/mol. The Kier molecular flexibility index (Phi) is 10.8. The number of carbonyl (C=O) groups is 1. The van der Waals surface area contributed by atoms with Gasteiger partial charge in [0.2, 0.25) is 0 Å². The van der Waals surface area contributed by atoms with Gasteiger partial charge in [-0.05, 0) is 0 Å². The normalized spacial score (nSPS) is 11.5. The fraction of sp³-hybridized carbons (Fsp3) is 0.286. The second-order valence-corrected chi connectivity index (χ2v) is 15.2. The Morgan fingerprint density at radius 1 is 0.617 bits per heavy atom. The van der Waals surface area contributed by atoms with Gasteiger partial charge in [0.25, 0.3) is 0 Å². The fourth-order valence-corrected chi connectivity index (χ4v) is 7.95. The van der Waals surface area contributed by atoms with Crippen molar-refractivity contribution in [1.29, 1.82) is 0 Å². The summed E-state index contributed by atoms with van der Waals surface area (Å²) in [5, 5.41) is 0. The standard InChI is InChI=1S/C27H36N2.C15H8FO.Au/c1-18(2)22-11-9-12-23(19(3)4)26(22)28-15-16-29(17-28)27-24(20(5)6)13-10-14-25(27)21(7)8;1-2-11-4-3-5-13(10-11)15(17)12-6-8-14(16)9-7-12;/h9-16,18-21H,1-8H3;3-10H;. The van der Waals surface area contributed by atoms with Crippen molar-refractivity contribution in [2.24, 2.45) is 0 Å². The number of rotatable bonds is 8. The van der Waals surface area contributed by atoms with Crippen molar-refractivity contribution < 1.29 is 28.5 Å². The van der Waals surface area contributed by atoms with Gasteiger partial charge in [-0.15, -0.1) is 0 Å². The molecule has 5 aromatic rings. The van der Waals surface area contributed by atoms with E-state index in [4.69, 9.17) is 0 Å². The zero-order chi connectivity index (χ0) is 33.8. The van der Waals surface area contributed by atoms with Crippen molar-refractivity contribution in [1.82, 2.24) is 9.13 Å². The Morgan fingerprint density at radius 2 is 1.06 bits per heavy atom. The minimum absolute atomic E-state index is 0.146. The quantitative estimate of drug-likeness (QED) is 0.0872. The molecule has 0 aliphatic heterocycles. The van der Waals surface area contributed by atoms with E-state index in [2.05, 4.69) is 123 Å². The molecule has 246 valence electrons. The molecule has 0 fully saturated rings. The van der Waals surface area contributed by atoms with Crippen molar-refractivity contribution in [2.45, 2.75) is 79.1 Å². The number of nitrogens with zero attached hydrogens (tertiary/aromatic N) is 2. The first-order valence-electron chi connectivity index (χ1n) is 16.3. The van der Waals surface area contributed by atoms with Crippen LogP contribution in [-0.4, -0.2) is 14.9 Å². The molecular formula is C42H44AuFN2O. The summed E-state index contributed by atoms with van der Waals surface area (Å²) < 4.78 is 23.0. The second-order valence-electron chi connectivity index (χ2n) is 13.2. The van der Waals surface area contributed by atoms with Gasteiger partial charge in [0.05, 0.1) is 0 Å². The first-order valence-corrected chi connectivity index (χ1v) is 18.5. The molecule has 0 bridgehead atoms. The van der Waals surface area contributed by atoms with E-state index in [0.717, 1.165) is 5.56 Å². The van der Waals surface area contributed by atoms with Gasteiger partial charge >= 0.3 is 290 Å². The summed E-state index contributed by atoms with van der Waals surface area (Å²) >= 11 is -0.669. The first-order chi connectivity index (χ1) is 22.5. The molecule has 0 saturated heterocycles. The summed E-state index contributed by atoms with van der Waals surface area (Å²) in [7, 11) is 0. The Hall–Kier alpha value is -4.01. The van der Waals surface area contributed by atoms with Crippen LogP contribution in [0.4, 0.5) is 4.39 Å². The van der Waals surface area contributed by atoms with E-state index >= 15 is 0 Å². The van der Waals surface area contributed by atoms with Gasteiger partial charge in [0.15, 0.2) is 0 Å². The summed E-state index contributed by atoms with van der Waals surface area (Å²) in [6.07, 6.45) is 4.45. The van der Waals surface area contributed by atoms with E-state index in [1.54, 1.807) is 6.07 Å². The number of benzene rings is 4. The molecule has 3 nitrogen and oxygen atoms in total. The Labute approximate surface area is 288 Å². The van der Waals surface area contributed by atoms with Crippen molar-refractivity contribution in [2.75, 3.05) is 0 Å². The number of aromatic nitrogens is 2. The van der Waals surface area contributed by atoms with Crippen LogP contribution < -0.4 is 0 Å². The van der Waals surface area contributed by atoms with Gasteiger partial charge in [-0.25, -0.2) is 0 Å². The molecular weight excluding hydrogens is 764 g/mol. The van der Waals surface area contributed by atoms with E-state index < -0.39 is 19.3 Å². The molecule has 0 amide bonds. The van der Waals surface area contributed by atoms with Crippen LogP contribution in [0.25, 0.3) is 11.4 Å². The summed E-state index contributed by atoms with van der Waals surface area (Å²) in [5.41, 5.74) is 9.58. The second kappa shape index (κ2) is 14.8. The molecule has 5 rings (SSSR count). The first kappa shape index (κ1) is 34.3. The van der Waals surface area contributed by atoms with Crippen LogP contribution in [0, 0.1) is 19.5 Å². The predicted octanol–water partition coefficient (Wildman–Crippen LogP) is 10.8. The molecule has 0 spiro atoms. The van der Waals surface area contributed by atoms with E-state index in [-0.39, 0.29) is 11.6 Å². The van der Waals surface area contributed by atoms with Crippen LogP contribution in [0.2, 0.25) is 0 Å². The van der Waals surface area contributed by atoms with Gasteiger partial charge in [0.1, 0.15) is 0 Å². The van der Waals surface area contributed by atoms with Crippen molar-refractivity contribution in [3.8, 4) is 21.4 Å². The third kappa shape index (κ3) is 7.44. The van der Waals surface area contributed by atoms with Crippen LogP contribution in [0.5, 0.6) is 0 Å². The SMILES string of the molecule is CC(C)c1cccc(C(C)C)c1-n1ccn(-c2c(C(C)C)cccc2C(C)C)[c]1=[Au][C]#Cc1cccc(C(=O)c2ccc(F)cc2)c1. The minimum atomic E-state index is -0.669. The summed E-state index contributed by atoms with van der Waals surface area (Å²) in [6.45, 7) is 18.1. The zero-order valence-corrected chi connectivity index (χ0v) is 30.7. The number of imidazole rings is 1. The summed E-state index contributed by atoms with van der Waals surface area (Å²) in [6, 6.07) is 26.5. The molecule has 0 saturated carbocycles. The van der Waals surface area contributed by atoms with Gasteiger partial charge < -0.3 is 0 Å². The topological polar surface area (TPSA) is 26.9 Å². The van der Waals surface area contributed by atoms with Gasteiger partial charge in [-0.2, -0.15) is 0 Å². The monoisotopic (exact) mass is 808 g/mol. The number of hydrogen-bond donors (Lipinski definition) is 0. The molecule has 0 atom stereocenters. The molecule has 0 aliphatic carbocycles. The van der Waals surface area contributed by atoms with Crippen molar-refractivity contribution >= 4 is 5.78 Å². The average Bonchev–Trinajstić information content (AvgIpc) is 3.47. The Morgan fingerprint density at radius 3 is 1.51 bits per heavy atom. The van der Waals surface area contributed by atoms with Crippen LogP contribution in [-0.2, 0) is 19.3 Å². The van der Waals surface area contributed by atoms with E-state index in [0.29, 0.717) is 34.8 Å². The third-order valence-corrected chi connectivity index (χ3v) is 10.5. The number of carbonyl (C=O) groups excluding carboxylic acids is 1. The molecule has 0 aliphatic rings. The van der Waals surface area contributed by atoms with E-state index in [1.807, 2.05) is 18.2 Å². The van der Waals surface area contributed by atoms with Gasteiger partial charge in [0, 0.05) is 0 Å². The maximum absolute atomic E-state index is 13.5. The number of halogens is 1. The van der Waals surface area contributed by atoms with Crippen LogP contribution in [0.15, 0.2) is 97.3 Å².